The molecular formula is C26H26N4O4S. The molecule has 0 spiro atoms. The summed E-state index contributed by atoms with van der Waals surface area (Å²) >= 11 is 0. The summed E-state index contributed by atoms with van der Waals surface area (Å²) in [5.74, 6) is 1.19. The minimum atomic E-state index is -3.92. The number of carbonyl (C=O) groups excluding carboxylic acids is 1. The van der Waals surface area contributed by atoms with Crippen LogP contribution in [0.3, 0.4) is 0 Å². The van der Waals surface area contributed by atoms with Crippen LogP contribution >= 0.6 is 0 Å². The van der Waals surface area contributed by atoms with Crippen molar-refractivity contribution < 1.29 is 17.9 Å². The number of carbonyl (C=O) groups is 1. The number of sulfonamides is 1. The highest BCUT2D eigenvalue weighted by Crippen LogP contribution is 2.29. The van der Waals surface area contributed by atoms with Crippen LogP contribution in [0.4, 0.5) is 5.69 Å². The van der Waals surface area contributed by atoms with Gasteiger partial charge in [0.15, 0.2) is 0 Å². The molecular weight excluding hydrogens is 464 g/mol. The van der Waals surface area contributed by atoms with E-state index in [4.69, 9.17) is 9.72 Å². The Morgan fingerprint density at radius 3 is 2.71 bits per heavy atom. The molecule has 1 aromatic heterocycles. The number of likely N-dealkylation sites (tertiary alicyclic amines) is 1. The Balaban J connectivity index is 1.35. The highest BCUT2D eigenvalue weighted by Gasteiger charge is 2.28. The van der Waals surface area contributed by atoms with Gasteiger partial charge in [0.2, 0.25) is 0 Å². The predicted molar refractivity (Wildman–Crippen MR) is 134 cm³/mol. The summed E-state index contributed by atoms with van der Waals surface area (Å²) in [5.41, 5.74) is 2.55. The number of nitrogens with zero attached hydrogens (tertiary/aromatic N) is 2. The van der Waals surface area contributed by atoms with Crippen LogP contribution in [0.15, 0.2) is 77.7 Å². The van der Waals surface area contributed by atoms with Gasteiger partial charge in [0.1, 0.15) is 11.6 Å². The van der Waals surface area contributed by atoms with Gasteiger partial charge in [-0.1, -0.05) is 30.3 Å². The van der Waals surface area contributed by atoms with E-state index in [0.29, 0.717) is 30.1 Å². The number of methoxy groups -OCH3 is 1. The van der Waals surface area contributed by atoms with E-state index >= 15 is 0 Å². The molecule has 0 unspecified atom stereocenters. The number of hydrogen-bond acceptors (Lipinski definition) is 5. The molecule has 8 nitrogen and oxygen atoms in total. The van der Waals surface area contributed by atoms with Gasteiger partial charge < -0.3 is 14.6 Å². The normalized spacial score (nSPS) is 16.3. The maximum atomic E-state index is 13.3. The number of nitrogens with one attached hydrogen (secondary N) is 2. The molecule has 2 N–H and O–H groups in total. The van der Waals surface area contributed by atoms with Gasteiger partial charge in [0, 0.05) is 24.6 Å². The lowest BCUT2D eigenvalue weighted by Gasteiger charge is -2.32. The van der Waals surface area contributed by atoms with Gasteiger partial charge in [0.25, 0.3) is 15.9 Å². The van der Waals surface area contributed by atoms with Crippen LogP contribution in [0.2, 0.25) is 0 Å². The Kier molecular flexibility index (Phi) is 6.17. The number of H-pyrrole nitrogens is 1. The molecule has 4 aromatic rings. The third-order valence-electron chi connectivity index (χ3n) is 6.25. The van der Waals surface area contributed by atoms with E-state index in [0.717, 1.165) is 29.7 Å². The monoisotopic (exact) mass is 490 g/mol. The van der Waals surface area contributed by atoms with Crippen molar-refractivity contribution in [2.75, 3.05) is 24.9 Å². The zero-order valence-corrected chi connectivity index (χ0v) is 20.1. The summed E-state index contributed by atoms with van der Waals surface area (Å²) in [6, 6.07) is 20.8. The topological polar surface area (TPSA) is 104 Å². The number of imidazole rings is 1. The Hall–Kier alpha value is -3.85. The van der Waals surface area contributed by atoms with Crippen molar-refractivity contribution in [3.8, 4) is 5.75 Å². The summed E-state index contributed by atoms with van der Waals surface area (Å²) in [7, 11) is -2.44. The Bertz CT molecular complexity index is 1450. The summed E-state index contributed by atoms with van der Waals surface area (Å²) < 4.78 is 33.9. The number of fused-ring (bicyclic) bond motifs is 1. The molecule has 0 saturated carbocycles. The molecule has 1 saturated heterocycles. The van der Waals surface area contributed by atoms with Gasteiger partial charge in [0.05, 0.1) is 28.7 Å². The number of hydrogen-bond donors (Lipinski definition) is 2. The Morgan fingerprint density at radius 1 is 1.09 bits per heavy atom. The summed E-state index contributed by atoms with van der Waals surface area (Å²) in [5, 5.41) is 0. The van der Waals surface area contributed by atoms with Crippen molar-refractivity contribution >= 4 is 32.7 Å². The van der Waals surface area contributed by atoms with Gasteiger partial charge in [-0.3, -0.25) is 9.52 Å². The molecule has 0 bridgehead atoms. The SMILES string of the molecule is COc1ccccc1NS(=O)(=O)c1cccc(C(=O)N2CCC[C@@H](c3nc4ccccc4[nH]3)C2)c1. The lowest BCUT2D eigenvalue weighted by atomic mass is 9.96. The number of piperidine rings is 1. The summed E-state index contributed by atoms with van der Waals surface area (Å²) in [4.78, 5) is 23.2. The second-order valence-corrected chi connectivity index (χ2v) is 10.2. The lowest BCUT2D eigenvalue weighted by molar-refractivity contribution is 0.0704. The highest BCUT2D eigenvalue weighted by atomic mass is 32.2. The van der Waals surface area contributed by atoms with Gasteiger partial charge in [-0.25, -0.2) is 13.4 Å². The van der Waals surface area contributed by atoms with Crippen molar-refractivity contribution in [3.63, 3.8) is 0 Å². The quantitative estimate of drug-likeness (QED) is 0.417. The number of rotatable bonds is 6. The maximum Gasteiger partial charge on any atom is 0.262 e. The number of amides is 1. The molecule has 1 fully saturated rings. The van der Waals surface area contributed by atoms with Crippen LogP contribution in [0.25, 0.3) is 11.0 Å². The van der Waals surface area contributed by atoms with Gasteiger partial charge in [-0.2, -0.15) is 0 Å². The molecule has 2 heterocycles. The van der Waals surface area contributed by atoms with E-state index in [1.54, 1.807) is 41.3 Å². The van der Waals surface area contributed by atoms with Crippen molar-refractivity contribution in [2.45, 2.75) is 23.7 Å². The van der Waals surface area contributed by atoms with Crippen molar-refractivity contribution in [3.05, 3.63) is 84.2 Å². The zero-order valence-electron chi connectivity index (χ0n) is 19.3. The third-order valence-corrected chi connectivity index (χ3v) is 7.61. The number of aromatic nitrogens is 2. The van der Waals surface area contributed by atoms with Crippen molar-refractivity contribution in [2.24, 2.45) is 0 Å². The van der Waals surface area contributed by atoms with Gasteiger partial charge >= 0.3 is 0 Å². The summed E-state index contributed by atoms with van der Waals surface area (Å²) in [6.45, 7) is 1.14. The van der Waals surface area contributed by atoms with Crippen LogP contribution in [0, 0.1) is 0 Å². The molecule has 180 valence electrons. The predicted octanol–water partition coefficient (Wildman–Crippen LogP) is 4.39. The molecule has 1 amide bonds. The first-order chi connectivity index (χ1) is 16.9. The second-order valence-electron chi connectivity index (χ2n) is 8.56. The molecule has 35 heavy (non-hydrogen) atoms. The van der Waals surface area contributed by atoms with Crippen LogP contribution in [-0.2, 0) is 10.0 Å². The van der Waals surface area contributed by atoms with Crippen LogP contribution in [-0.4, -0.2) is 49.4 Å². The standard InChI is InChI=1S/C26H26N4O4S/c1-34-24-14-5-4-13-23(24)29-35(32,33)20-10-6-8-18(16-20)26(31)30-15-7-9-19(17-30)25-27-21-11-2-3-12-22(21)28-25/h2-6,8,10-14,16,19,29H,7,9,15,17H2,1H3,(H,27,28)/t19-/m1/s1. The van der Waals surface area contributed by atoms with E-state index < -0.39 is 10.0 Å². The lowest BCUT2D eigenvalue weighted by Crippen LogP contribution is -2.39. The number of para-hydroxylation sites is 4. The van der Waals surface area contributed by atoms with Crippen LogP contribution in [0.1, 0.15) is 34.9 Å². The van der Waals surface area contributed by atoms with Gasteiger partial charge in [-0.05, 0) is 55.3 Å². The fourth-order valence-corrected chi connectivity index (χ4v) is 5.58. The smallest absolute Gasteiger partial charge is 0.262 e. The average Bonchev–Trinajstić information content (AvgIpc) is 3.33. The molecule has 1 aliphatic rings. The molecule has 9 heteroatoms. The van der Waals surface area contributed by atoms with Crippen molar-refractivity contribution in [1.29, 1.82) is 0 Å². The van der Waals surface area contributed by atoms with E-state index in [2.05, 4.69) is 9.71 Å². The first-order valence-corrected chi connectivity index (χ1v) is 12.9. The third kappa shape index (κ3) is 4.72. The van der Waals surface area contributed by atoms with Crippen molar-refractivity contribution in [1.82, 2.24) is 14.9 Å². The van der Waals surface area contributed by atoms with Crippen LogP contribution in [0.5, 0.6) is 5.75 Å². The minimum absolute atomic E-state index is 0.0140. The van der Waals surface area contributed by atoms with E-state index in [-0.39, 0.29) is 16.7 Å². The second kappa shape index (κ2) is 9.42. The number of ether oxygens (including phenoxy) is 1. The van der Waals surface area contributed by atoms with E-state index in [1.165, 1.54) is 19.2 Å². The summed E-state index contributed by atoms with van der Waals surface area (Å²) in [6.07, 6.45) is 1.78. The average molecular weight is 491 g/mol. The fraction of sp³-hybridized carbons (Fsp3) is 0.231. The molecule has 1 atom stereocenters. The first kappa shape index (κ1) is 22.9. The minimum Gasteiger partial charge on any atom is -0.495 e. The molecule has 1 aliphatic heterocycles. The fourth-order valence-electron chi connectivity index (χ4n) is 4.46. The Morgan fingerprint density at radius 2 is 1.89 bits per heavy atom. The Labute approximate surface area is 204 Å². The molecule has 0 aliphatic carbocycles. The van der Waals surface area contributed by atoms with Crippen LogP contribution < -0.4 is 9.46 Å². The maximum absolute atomic E-state index is 13.3. The molecule has 3 aromatic carbocycles. The highest BCUT2D eigenvalue weighted by molar-refractivity contribution is 7.92. The van der Waals surface area contributed by atoms with Gasteiger partial charge in [-0.15, -0.1) is 0 Å². The molecule has 5 rings (SSSR count). The molecule has 0 radical (unpaired) electrons. The zero-order chi connectivity index (χ0) is 24.4. The first-order valence-electron chi connectivity index (χ1n) is 11.4. The number of anilines is 1. The van der Waals surface area contributed by atoms with E-state index in [1.807, 2.05) is 24.3 Å². The number of aromatic amines is 1. The number of benzene rings is 3. The van der Waals surface area contributed by atoms with E-state index in [9.17, 15) is 13.2 Å². The largest absolute Gasteiger partial charge is 0.495 e.